The summed E-state index contributed by atoms with van der Waals surface area (Å²) in [6, 6.07) is 0. The first-order valence-corrected chi connectivity index (χ1v) is 4.90. The molecule has 14 heavy (non-hydrogen) atoms. The Bertz CT molecular complexity index is 211. The predicted molar refractivity (Wildman–Crippen MR) is 52.9 cm³/mol. The molecule has 0 unspecified atom stereocenters. The molecule has 0 aromatic rings. The summed E-state index contributed by atoms with van der Waals surface area (Å²) in [5.74, 6) is -0.0524. The van der Waals surface area contributed by atoms with Gasteiger partial charge in [0.25, 0.3) is 0 Å². The molecule has 2 N–H and O–H groups in total. The fourth-order valence-corrected chi connectivity index (χ4v) is 1.27. The lowest BCUT2D eigenvalue weighted by Crippen LogP contribution is -2.42. The number of carbonyl (C=O) groups excluding carboxylic acids is 1. The Balaban J connectivity index is 2.36. The summed E-state index contributed by atoms with van der Waals surface area (Å²) in [5.41, 5.74) is -0.753. The number of carbonyl (C=O) groups is 1. The molecule has 1 amide bonds. The van der Waals surface area contributed by atoms with Gasteiger partial charge in [-0.2, -0.15) is 0 Å². The van der Waals surface area contributed by atoms with Gasteiger partial charge >= 0.3 is 0 Å². The Hall–Kier alpha value is -0.610. The minimum absolute atomic E-state index is 0.0339. The molecule has 1 aliphatic carbocycles. The zero-order valence-corrected chi connectivity index (χ0v) is 9.09. The summed E-state index contributed by atoms with van der Waals surface area (Å²) in [4.78, 5) is 11.5. The number of methoxy groups -OCH3 is 1. The average molecular weight is 201 g/mol. The first-order valence-electron chi connectivity index (χ1n) is 4.90. The van der Waals surface area contributed by atoms with Gasteiger partial charge in [0, 0.05) is 7.11 Å². The molecular formula is C10H19NO3. The van der Waals surface area contributed by atoms with Gasteiger partial charge in [-0.25, -0.2) is 0 Å². The van der Waals surface area contributed by atoms with Gasteiger partial charge in [0.05, 0.1) is 24.2 Å². The lowest BCUT2D eigenvalue weighted by atomic mass is 10.0. The summed E-state index contributed by atoms with van der Waals surface area (Å²) in [5, 5.41) is 11.9. The fraction of sp³-hybridized carbons (Fsp3) is 0.900. The molecule has 1 rings (SSSR count). The van der Waals surface area contributed by atoms with E-state index in [1.54, 1.807) is 7.11 Å². The zero-order chi connectivity index (χ0) is 10.8. The van der Waals surface area contributed by atoms with Gasteiger partial charge in [0.15, 0.2) is 0 Å². The third kappa shape index (κ3) is 2.96. The predicted octanol–water partition coefficient (Wildman–Crippen LogP) is 0.443. The van der Waals surface area contributed by atoms with E-state index in [1.165, 1.54) is 0 Å². The molecule has 1 aliphatic rings. The summed E-state index contributed by atoms with van der Waals surface area (Å²) in [6.45, 7) is 3.77. The number of aliphatic hydroxyl groups excluding tert-OH is 1. The van der Waals surface area contributed by atoms with Crippen molar-refractivity contribution in [3.8, 4) is 0 Å². The largest absolute Gasteiger partial charge is 0.394 e. The molecule has 82 valence electrons. The van der Waals surface area contributed by atoms with Crippen molar-refractivity contribution in [1.29, 1.82) is 0 Å². The molecule has 0 aromatic carbocycles. The highest BCUT2D eigenvalue weighted by Gasteiger charge is 2.43. The number of hydrogen-bond donors (Lipinski definition) is 2. The normalized spacial score (nSPS) is 19.1. The molecule has 4 nitrogen and oxygen atoms in total. The first-order chi connectivity index (χ1) is 6.43. The number of ether oxygens (including phenoxy) is 1. The van der Waals surface area contributed by atoms with Crippen molar-refractivity contribution in [1.82, 2.24) is 5.32 Å². The van der Waals surface area contributed by atoms with Gasteiger partial charge in [-0.3, -0.25) is 4.79 Å². The summed E-state index contributed by atoms with van der Waals surface area (Å²) in [7, 11) is 1.59. The minimum atomic E-state index is -0.435. The maximum atomic E-state index is 11.5. The standard InChI is InChI=1S/C10H19NO3/c1-9(2,14-3)6-8(13)11-10(7-12)4-5-10/h12H,4-7H2,1-3H3,(H,11,13). The number of amides is 1. The molecule has 0 saturated heterocycles. The van der Waals surface area contributed by atoms with E-state index < -0.39 is 5.60 Å². The SMILES string of the molecule is COC(C)(C)CC(=O)NC1(CO)CC1. The van der Waals surface area contributed by atoms with Crippen molar-refractivity contribution < 1.29 is 14.6 Å². The van der Waals surface area contributed by atoms with Gasteiger partial charge in [0.1, 0.15) is 0 Å². The van der Waals surface area contributed by atoms with Crippen LogP contribution in [0.15, 0.2) is 0 Å². The van der Waals surface area contributed by atoms with Crippen LogP contribution in [0.3, 0.4) is 0 Å². The number of aliphatic hydroxyl groups is 1. The van der Waals surface area contributed by atoms with E-state index in [4.69, 9.17) is 9.84 Å². The Kier molecular flexibility index (Phi) is 3.17. The van der Waals surface area contributed by atoms with Gasteiger partial charge < -0.3 is 15.2 Å². The lowest BCUT2D eigenvalue weighted by Gasteiger charge is -2.23. The molecule has 0 spiro atoms. The van der Waals surface area contributed by atoms with Gasteiger partial charge in [-0.05, 0) is 26.7 Å². The highest BCUT2D eigenvalue weighted by molar-refractivity contribution is 5.78. The first kappa shape index (κ1) is 11.5. The zero-order valence-electron chi connectivity index (χ0n) is 9.09. The average Bonchev–Trinajstić information content (AvgIpc) is 2.84. The quantitative estimate of drug-likeness (QED) is 0.678. The second-order valence-corrected chi connectivity index (χ2v) is 4.63. The van der Waals surface area contributed by atoms with Gasteiger partial charge in [0.2, 0.25) is 5.91 Å². The van der Waals surface area contributed by atoms with E-state index >= 15 is 0 Å². The molecule has 0 radical (unpaired) electrons. The third-order valence-electron chi connectivity index (χ3n) is 2.70. The van der Waals surface area contributed by atoms with Crippen LogP contribution in [0.2, 0.25) is 0 Å². The summed E-state index contributed by atoms with van der Waals surface area (Å²) in [6.07, 6.45) is 2.08. The molecule has 0 aromatic heterocycles. The maximum absolute atomic E-state index is 11.5. The van der Waals surface area contributed by atoms with E-state index in [1.807, 2.05) is 13.8 Å². The Labute approximate surface area is 84.6 Å². The van der Waals surface area contributed by atoms with Crippen molar-refractivity contribution in [3.05, 3.63) is 0 Å². The lowest BCUT2D eigenvalue weighted by molar-refractivity contribution is -0.127. The van der Waals surface area contributed by atoms with Crippen LogP contribution in [-0.4, -0.2) is 35.9 Å². The van der Waals surface area contributed by atoms with Crippen LogP contribution in [0, 0.1) is 0 Å². The molecular weight excluding hydrogens is 182 g/mol. The minimum Gasteiger partial charge on any atom is -0.394 e. The summed E-state index contributed by atoms with van der Waals surface area (Å²) < 4.78 is 5.15. The molecule has 0 bridgehead atoms. The number of hydrogen-bond acceptors (Lipinski definition) is 3. The van der Waals surface area contributed by atoms with Crippen molar-refractivity contribution in [2.45, 2.75) is 44.2 Å². The molecule has 0 heterocycles. The van der Waals surface area contributed by atoms with Gasteiger partial charge in [-0.15, -0.1) is 0 Å². The number of rotatable bonds is 5. The van der Waals surface area contributed by atoms with Crippen molar-refractivity contribution in [2.24, 2.45) is 0 Å². The molecule has 0 aliphatic heterocycles. The van der Waals surface area contributed by atoms with Crippen LogP contribution in [-0.2, 0) is 9.53 Å². The molecule has 4 heteroatoms. The molecule has 1 fully saturated rings. The van der Waals surface area contributed by atoms with Crippen LogP contribution in [0.5, 0.6) is 0 Å². The Morgan fingerprint density at radius 2 is 2.14 bits per heavy atom. The van der Waals surface area contributed by atoms with Crippen LogP contribution >= 0.6 is 0 Å². The van der Waals surface area contributed by atoms with Crippen LogP contribution < -0.4 is 5.32 Å². The second kappa shape index (κ2) is 3.87. The highest BCUT2D eigenvalue weighted by atomic mass is 16.5. The van der Waals surface area contributed by atoms with Crippen molar-refractivity contribution in [3.63, 3.8) is 0 Å². The monoisotopic (exact) mass is 201 g/mol. The fourth-order valence-electron chi connectivity index (χ4n) is 1.27. The van der Waals surface area contributed by atoms with E-state index in [-0.39, 0.29) is 18.1 Å². The molecule has 1 saturated carbocycles. The second-order valence-electron chi connectivity index (χ2n) is 4.63. The van der Waals surface area contributed by atoms with Crippen LogP contribution in [0.1, 0.15) is 33.1 Å². The van der Waals surface area contributed by atoms with E-state index in [9.17, 15) is 4.79 Å². The molecule has 0 atom stereocenters. The smallest absolute Gasteiger partial charge is 0.223 e. The Morgan fingerprint density at radius 3 is 2.50 bits per heavy atom. The van der Waals surface area contributed by atoms with Crippen molar-refractivity contribution >= 4 is 5.91 Å². The summed E-state index contributed by atoms with van der Waals surface area (Å²) >= 11 is 0. The van der Waals surface area contributed by atoms with Crippen LogP contribution in [0.25, 0.3) is 0 Å². The van der Waals surface area contributed by atoms with E-state index in [2.05, 4.69) is 5.32 Å². The van der Waals surface area contributed by atoms with Gasteiger partial charge in [-0.1, -0.05) is 0 Å². The van der Waals surface area contributed by atoms with Crippen LogP contribution in [0.4, 0.5) is 0 Å². The highest BCUT2D eigenvalue weighted by Crippen LogP contribution is 2.34. The number of nitrogens with one attached hydrogen (secondary N) is 1. The maximum Gasteiger partial charge on any atom is 0.223 e. The Morgan fingerprint density at radius 1 is 1.57 bits per heavy atom. The topological polar surface area (TPSA) is 58.6 Å². The third-order valence-corrected chi connectivity index (χ3v) is 2.70. The van der Waals surface area contributed by atoms with E-state index in [0.29, 0.717) is 6.42 Å². The van der Waals surface area contributed by atoms with E-state index in [0.717, 1.165) is 12.8 Å². The van der Waals surface area contributed by atoms with Crippen molar-refractivity contribution in [2.75, 3.05) is 13.7 Å².